The number of hydrogen-bond donors (Lipinski definition) is 2. The molecule has 1 heterocycles. The summed E-state index contributed by atoms with van der Waals surface area (Å²) in [6.45, 7) is 1.95. The first kappa shape index (κ1) is 11.0. The van der Waals surface area contributed by atoms with Crippen LogP contribution in [-0.4, -0.2) is 23.7 Å². The average Bonchev–Trinajstić information content (AvgIpc) is 2.40. The van der Waals surface area contributed by atoms with Crippen LogP contribution in [-0.2, 0) is 4.79 Å². The van der Waals surface area contributed by atoms with Crippen molar-refractivity contribution in [3.63, 3.8) is 0 Å². The first-order valence-corrected chi connectivity index (χ1v) is 5.35. The highest BCUT2D eigenvalue weighted by atomic mass is 16.5. The Morgan fingerprint density at radius 2 is 2.25 bits per heavy atom. The monoisotopic (exact) mass is 221 g/mol. The summed E-state index contributed by atoms with van der Waals surface area (Å²) in [5.74, 6) is 0.561. The standard InChI is InChI=1S/C12H15NO3/c1-8(14)13-10-6-7-16-11-5-3-2-4-9(11)12(10)15/h2-5,10,12,15H,6-7H2,1H3,(H,13,14)/t10-,12-/m0/s1. The SMILES string of the molecule is CC(=O)N[C@H]1CCOc2ccccc2[C@@H]1O. The maximum absolute atomic E-state index is 11.0. The number of benzene rings is 1. The van der Waals surface area contributed by atoms with Crippen LogP contribution >= 0.6 is 0 Å². The fourth-order valence-corrected chi connectivity index (χ4v) is 1.94. The van der Waals surface area contributed by atoms with Crippen molar-refractivity contribution in [2.75, 3.05) is 6.61 Å². The lowest BCUT2D eigenvalue weighted by Crippen LogP contribution is -2.38. The summed E-state index contributed by atoms with van der Waals surface area (Å²) in [5.41, 5.74) is 0.735. The van der Waals surface area contributed by atoms with Crippen LogP contribution in [0.1, 0.15) is 25.0 Å². The minimum Gasteiger partial charge on any atom is -0.493 e. The summed E-state index contributed by atoms with van der Waals surface area (Å²) in [7, 11) is 0. The predicted octanol–water partition coefficient (Wildman–Crippen LogP) is 1.01. The van der Waals surface area contributed by atoms with Gasteiger partial charge in [0, 0.05) is 18.9 Å². The van der Waals surface area contributed by atoms with Gasteiger partial charge in [-0.15, -0.1) is 0 Å². The van der Waals surface area contributed by atoms with Crippen LogP contribution in [0.15, 0.2) is 24.3 Å². The number of hydrogen-bond acceptors (Lipinski definition) is 3. The molecule has 0 unspecified atom stereocenters. The third-order valence-corrected chi connectivity index (χ3v) is 2.69. The van der Waals surface area contributed by atoms with Crippen molar-refractivity contribution in [1.29, 1.82) is 0 Å². The molecule has 4 nitrogen and oxygen atoms in total. The van der Waals surface area contributed by atoms with Gasteiger partial charge < -0.3 is 15.2 Å². The van der Waals surface area contributed by atoms with Crippen LogP contribution < -0.4 is 10.1 Å². The number of nitrogens with one attached hydrogen (secondary N) is 1. The summed E-state index contributed by atoms with van der Waals surface area (Å²) in [6.07, 6.45) is -0.0994. The summed E-state index contributed by atoms with van der Waals surface area (Å²) < 4.78 is 5.52. The molecule has 0 saturated carbocycles. The lowest BCUT2D eigenvalue weighted by Gasteiger charge is -2.20. The molecule has 0 saturated heterocycles. The number of aliphatic hydroxyl groups excluding tert-OH is 1. The summed E-state index contributed by atoms with van der Waals surface area (Å²) >= 11 is 0. The van der Waals surface area contributed by atoms with E-state index in [2.05, 4.69) is 5.32 Å². The van der Waals surface area contributed by atoms with Crippen molar-refractivity contribution in [1.82, 2.24) is 5.32 Å². The van der Waals surface area contributed by atoms with Gasteiger partial charge in [0.2, 0.25) is 5.91 Å². The van der Waals surface area contributed by atoms with E-state index in [4.69, 9.17) is 4.74 Å². The van der Waals surface area contributed by atoms with Gasteiger partial charge in [-0.05, 0) is 6.07 Å². The van der Waals surface area contributed by atoms with Crippen molar-refractivity contribution >= 4 is 5.91 Å². The quantitative estimate of drug-likeness (QED) is 0.744. The van der Waals surface area contributed by atoms with Crippen LogP contribution in [0.2, 0.25) is 0 Å². The lowest BCUT2D eigenvalue weighted by molar-refractivity contribution is -0.120. The highest BCUT2D eigenvalue weighted by Gasteiger charge is 2.27. The molecule has 2 rings (SSSR count). The van der Waals surface area contributed by atoms with E-state index in [0.29, 0.717) is 18.8 Å². The second-order valence-electron chi connectivity index (χ2n) is 3.93. The second kappa shape index (κ2) is 4.53. The Morgan fingerprint density at radius 3 is 3.00 bits per heavy atom. The van der Waals surface area contributed by atoms with Crippen molar-refractivity contribution in [3.05, 3.63) is 29.8 Å². The minimum absolute atomic E-state index is 0.136. The number of amides is 1. The average molecular weight is 221 g/mol. The van der Waals surface area contributed by atoms with Gasteiger partial charge in [-0.25, -0.2) is 0 Å². The maximum Gasteiger partial charge on any atom is 0.217 e. The maximum atomic E-state index is 11.0. The topological polar surface area (TPSA) is 58.6 Å². The Kier molecular flexibility index (Phi) is 3.10. The molecule has 1 aliphatic rings. The Balaban J connectivity index is 2.26. The number of para-hydroxylation sites is 1. The van der Waals surface area contributed by atoms with Gasteiger partial charge in [0.05, 0.1) is 12.6 Å². The van der Waals surface area contributed by atoms with Crippen LogP contribution in [0.4, 0.5) is 0 Å². The summed E-state index contributed by atoms with van der Waals surface area (Å²) in [4.78, 5) is 11.0. The summed E-state index contributed by atoms with van der Waals surface area (Å²) in [5, 5.41) is 12.9. The lowest BCUT2D eigenvalue weighted by atomic mass is 10.0. The fraction of sp³-hybridized carbons (Fsp3) is 0.417. The van der Waals surface area contributed by atoms with Crippen LogP contribution in [0.5, 0.6) is 5.75 Å². The zero-order valence-electron chi connectivity index (χ0n) is 9.14. The Morgan fingerprint density at radius 1 is 1.50 bits per heavy atom. The van der Waals surface area contributed by atoms with E-state index in [1.165, 1.54) is 6.92 Å². The van der Waals surface area contributed by atoms with E-state index in [9.17, 15) is 9.90 Å². The van der Waals surface area contributed by atoms with Crippen molar-refractivity contribution in [3.8, 4) is 5.75 Å². The number of carbonyl (C=O) groups excluding carboxylic acids is 1. The molecule has 1 aromatic carbocycles. The second-order valence-corrected chi connectivity index (χ2v) is 3.93. The van der Waals surface area contributed by atoms with E-state index in [0.717, 1.165) is 5.56 Å². The molecule has 0 aliphatic carbocycles. The number of ether oxygens (including phenoxy) is 1. The van der Waals surface area contributed by atoms with Crippen LogP contribution in [0.3, 0.4) is 0 Å². The van der Waals surface area contributed by atoms with Crippen LogP contribution in [0.25, 0.3) is 0 Å². The van der Waals surface area contributed by atoms with Gasteiger partial charge in [0.25, 0.3) is 0 Å². The van der Waals surface area contributed by atoms with Gasteiger partial charge in [-0.3, -0.25) is 4.79 Å². The van der Waals surface area contributed by atoms with Crippen molar-refractivity contribution in [2.45, 2.75) is 25.5 Å². The van der Waals surface area contributed by atoms with E-state index >= 15 is 0 Å². The van der Waals surface area contributed by atoms with Gasteiger partial charge in [-0.2, -0.15) is 0 Å². The molecule has 0 spiro atoms. The van der Waals surface area contributed by atoms with E-state index in [-0.39, 0.29) is 11.9 Å². The minimum atomic E-state index is -0.706. The fourth-order valence-electron chi connectivity index (χ4n) is 1.94. The highest BCUT2D eigenvalue weighted by Crippen LogP contribution is 2.31. The number of fused-ring (bicyclic) bond motifs is 1. The van der Waals surface area contributed by atoms with Crippen molar-refractivity contribution in [2.24, 2.45) is 0 Å². The molecule has 2 atom stereocenters. The molecular formula is C12H15NO3. The van der Waals surface area contributed by atoms with E-state index in [1.807, 2.05) is 24.3 Å². The zero-order valence-corrected chi connectivity index (χ0v) is 9.14. The molecule has 1 aliphatic heterocycles. The Labute approximate surface area is 94.2 Å². The number of carbonyl (C=O) groups is 1. The third kappa shape index (κ3) is 2.17. The molecule has 2 N–H and O–H groups in total. The van der Waals surface area contributed by atoms with Gasteiger partial charge in [0.15, 0.2) is 0 Å². The Hall–Kier alpha value is -1.55. The molecule has 1 aromatic rings. The Bertz CT molecular complexity index is 392. The number of rotatable bonds is 1. The predicted molar refractivity (Wildman–Crippen MR) is 59.1 cm³/mol. The molecule has 1 amide bonds. The first-order valence-electron chi connectivity index (χ1n) is 5.35. The summed E-state index contributed by atoms with van der Waals surface area (Å²) in [6, 6.07) is 7.09. The van der Waals surface area contributed by atoms with Gasteiger partial charge in [-0.1, -0.05) is 18.2 Å². The van der Waals surface area contributed by atoms with E-state index in [1.54, 1.807) is 0 Å². The molecular weight excluding hydrogens is 206 g/mol. The number of aliphatic hydroxyl groups is 1. The first-order chi connectivity index (χ1) is 7.68. The molecule has 0 fully saturated rings. The normalized spacial score (nSPS) is 23.9. The van der Waals surface area contributed by atoms with Crippen molar-refractivity contribution < 1.29 is 14.6 Å². The highest BCUT2D eigenvalue weighted by molar-refractivity contribution is 5.73. The molecule has 0 bridgehead atoms. The van der Waals surface area contributed by atoms with E-state index < -0.39 is 6.10 Å². The third-order valence-electron chi connectivity index (χ3n) is 2.69. The molecule has 16 heavy (non-hydrogen) atoms. The van der Waals surface area contributed by atoms with Gasteiger partial charge in [0.1, 0.15) is 11.9 Å². The zero-order chi connectivity index (χ0) is 11.5. The van der Waals surface area contributed by atoms with Crippen LogP contribution in [0, 0.1) is 0 Å². The molecule has 4 heteroatoms. The molecule has 0 radical (unpaired) electrons. The largest absolute Gasteiger partial charge is 0.493 e. The molecule has 0 aromatic heterocycles. The van der Waals surface area contributed by atoms with Gasteiger partial charge >= 0.3 is 0 Å². The molecule has 86 valence electrons. The smallest absolute Gasteiger partial charge is 0.217 e.